The maximum Gasteiger partial charge on any atom is 0.0766 e. The summed E-state index contributed by atoms with van der Waals surface area (Å²) in [7, 11) is 1.97. The Bertz CT molecular complexity index is 447. The van der Waals surface area contributed by atoms with Crippen LogP contribution >= 0.6 is 15.9 Å². The molecule has 1 aromatic rings. The molecule has 1 aromatic heterocycles. The summed E-state index contributed by atoms with van der Waals surface area (Å²) in [5, 5.41) is 14.9. The molecule has 3 nitrogen and oxygen atoms in total. The Kier molecular flexibility index (Phi) is 3.27. The van der Waals surface area contributed by atoms with Gasteiger partial charge in [0, 0.05) is 13.5 Å². The minimum Gasteiger partial charge on any atom is -0.392 e. The Morgan fingerprint density at radius 2 is 2.06 bits per heavy atom. The van der Waals surface area contributed by atoms with Gasteiger partial charge in [-0.05, 0) is 59.4 Å². The second-order valence-corrected chi connectivity index (χ2v) is 6.74. The maximum absolute atomic E-state index is 10.4. The average Bonchev–Trinajstić information content (AvgIpc) is 2.87. The van der Waals surface area contributed by atoms with Crippen molar-refractivity contribution in [2.45, 2.75) is 45.1 Å². The lowest BCUT2D eigenvalue weighted by Crippen LogP contribution is -2.23. The van der Waals surface area contributed by atoms with E-state index in [0.29, 0.717) is 5.92 Å². The fourth-order valence-electron chi connectivity index (χ4n) is 3.48. The van der Waals surface area contributed by atoms with Crippen molar-refractivity contribution in [3.05, 3.63) is 15.9 Å². The fraction of sp³-hybridized carbons (Fsp3) is 0.786. The van der Waals surface area contributed by atoms with Gasteiger partial charge in [-0.2, -0.15) is 5.10 Å². The summed E-state index contributed by atoms with van der Waals surface area (Å²) in [5.41, 5.74) is 2.23. The van der Waals surface area contributed by atoms with E-state index < -0.39 is 0 Å². The standard InChI is InChI=1S/C14H21BrN2O/c1-3-11-14(15)12(17(2)16-11)7-13(18)10-5-8-4-9(8)6-10/h8-10,13,18H,3-7H2,1-2H3. The summed E-state index contributed by atoms with van der Waals surface area (Å²) < 4.78 is 3.01. The van der Waals surface area contributed by atoms with Crippen molar-refractivity contribution in [2.75, 3.05) is 0 Å². The van der Waals surface area contributed by atoms with Crippen LogP contribution in [0.25, 0.3) is 0 Å². The number of rotatable bonds is 4. The van der Waals surface area contributed by atoms with Crippen LogP contribution in [0.1, 0.15) is 37.6 Å². The molecular weight excluding hydrogens is 292 g/mol. The van der Waals surface area contributed by atoms with Gasteiger partial charge in [0.1, 0.15) is 0 Å². The second kappa shape index (κ2) is 4.64. The van der Waals surface area contributed by atoms with Crippen LogP contribution in [-0.4, -0.2) is 21.0 Å². The van der Waals surface area contributed by atoms with Crippen LogP contribution in [-0.2, 0) is 19.9 Å². The van der Waals surface area contributed by atoms with Gasteiger partial charge in [0.25, 0.3) is 0 Å². The molecule has 3 rings (SSSR count). The summed E-state index contributed by atoms with van der Waals surface area (Å²) >= 11 is 3.63. The van der Waals surface area contributed by atoms with E-state index in [-0.39, 0.29) is 6.10 Å². The number of fused-ring (bicyclic) bond motifs is 1. The minimum absolute atomic E-state index is 0.200. The largest absolute Gasteiger partial charge is 0.392 e. The summed E-state index contributed by atoms with van der Waals surface area (Å²) in [6.45, 7) is 2.11. The zero-order valence-electron chi connectivity index (χ0n) is 11.1. The maximum atomic E-state index is 10.4. The van der Waals surface area contributed by atoms with Crippen LogP contribution in [0.4, 0.5) is 0 Å². The first-order valence-electron chi connectivity index (χ1n) is 6.98. The van der Waals surface area contributed by atoms with Gasteiger partial charge in [0.15, 0.2) is 0 Å². The number of aliphatic hydroxyl groups is 1. The van der Waals surface area contributed by atoms with Gasteiger partial charge >= 0.3 is 0 Å². The molecule has 0 aliphatic heterocycles. The number of nitrogens with zero attached hydrogens (tertiary/aromatic N) is 2. The first-order chi connectivity index (χ1) is 8.60. The monoisotopic (exact) mass is 312 g/mol. The van der Waals surface area contributed by atoms with Gasteiger partial charge in [-0.3, -0.25) is 4.68 Å². The van der Waals surface area contributed by atoms with E-state index >= 15 is 0 Å². The molecule has 2 fully saturated rings. The van der Waals surface area contributed by atoms with Crippen molar-refractivity contribution < 1.29 is 5.11 Å². The molecular formula is C14H21BrN2O. The first-order valence-corrected chi connectivity index (χ1v) is 7.77. The zero-order chi connectivity index (χ0) is 12.9. The Morgan fingerprint density at radius 1 is 1.39 bits per heavy atom. The number of hydrogen-bond acceptors (Lipinski definition) is 2. The van der Waals surface area contributed by atoms with E-state index in [0.717, 1.165) is 40.5 Å². The summed E-state index contributed by atoms with van der Waals surface area (Å²) in [6, 6.07) is 0. The molecule has 0 amide bonds. The smallest absolute Gasteiger partial charge is 0.0766 e. The number of hydrogen-bond donors (Lipinski definition) is 1. The Morgan fingerprint density at radius 3 is 2.61 bits per heavy atom. The van der Waals surface area contributed by atoms with Gasteiger partial charge in [-0.25, -0.2) is 0 Å². The number of halogens is 1. The SMILES string of the molecule is CCc1nn(C)c(CC(O)C2CC3CC3C2)c1Br. The third-order valence-electron chi connectivity index (χ3n) is 4.73. The van der Waals surface area contributed by atoms with Crippen molar-refractivity contribution >= 4 is 15.9 Å². The number of aromatic nitrogens is 2. The summed E-state index contributed by atoms with van der Waals surface area (Å²) in [4.78, 5) is 0. The zero-order valence-corrected chi connectivity index (χ0v) is 12.7. The van der Waals surface area contributed by atoms with Gasteiger partial charge in [-0.15, -0.1) is 0 Å². The van der Waals surface area contributed by atoms with Crippen LogP contribution in [0.3, 0.4) is 0 Å². The Balaban J connectivity index is 1.70. The molecule has 1 N–H and O–H groups in total. The van der Waals surface area contributed by atoms with Crippen LogP contribution in [0, 0.1) is 17.8 Å². The molecule has 0 aromatic carbocycles. The Labute approximate surface area is 117 Å². The molecule has 4 heteroatoms. The van der Waals surface area contributed by atoms with Crippen molar-refractivity contribution in [3.63, 3.8) is 0 Å². The van der Waals surface area contributed by atoms with Gasteiger partial charge < -0.3 is 5.11 Å². The predicted molar refractivity (Wildman–Crippen MR) is 74.3 cm³/mol. The highest BCUT2D eigenvalue weighted by Gasteiger charge is 2.47. The molecule has 0 radical (unpaired) electrons. The lowest BCUT2D eigenvalue weighted by atomic mass is 9.93. The fourth-order valence-corrected chi connectivity index (χ4v) is 4.26. The van der Waals surface area contributed by atoms with E-state index in [1.807, 2.05) is 11.7 Å². The highest BCUT2D eigenvalue weighted by atomic mass is 79.9. The van der Waals surface area contributed by atoms with E-state index in [2.05, 4.69) is 28.0 Å². The minimum atomic E-state index is -0.200. The molecule has 2 saturated carbocycles. The normalized spacial score (nSPS) is 31.4. The van der Waals surface area contributed by atoms with Crippen molar-refractivity contribution in [3.8, 4) is 0 Å². The molecule has 100 valence electrons. The summed E-state index contributed by atoms with van der Waals surface area (Å²) in [5.74, 6) is 2.39. The third kappa shape index (κ3) is 2.14. The first kappa shape index (κ1) is 12.7. The quantitative estimate of drug-likeness (QED) is 0.928. The highest BCUT2D eigenvalue weighted by Crippen LogP contribution is 2.55. The topological polar surface area (TPSA) is 38.0 Å². The lowest BCUT2D eigenvalue weighted by Gasteiger charge is -2.19. The lowest BCUT2D eigenvalue weighted by molar-refractivity contribution is 0.102. The van der Waals surface area contributed by atoms with Crippen molar-refractivity contribution in [2.24, 2.45) is 24.8 Å². The second-order valence-electron chi connectivity index (χ2n) is 5.94. The van der Waals surface area contributed by atoms with Gasteiger partial charge in [0.2, 0.25) is 0 Å². The highest BCUT2D eigenvalue weighted by molar-refractivity contribution is 9.10. The molecule has 0 bridgehead atoms. The molecule has 2 aliphatic rings. The van der Waals surface area contributed by atoms with E-state index in [1.54, 1.807) is 0 Å². The molecule has 18 heavy (non-hydrogen) atoms. The van der Waals surface area contributed by atoms with E-state index in [9.17, 15) is 5.11 Å². The number of aliphatic hydroxyl groups excluding tert-OH is 1. The molecule has 2 aliphatic carbocycles. The number of aryl methyl sites for hydroxylation is 2. The van der Waals surface area contributed by atoms with Crippen molar-refractivity contribution in [1.29, 1.82) is 0 Å². The van der Waals surface area contributed by atoms with Crippen LogP contribution in [0.5, 0.6) is 0 Å². The Hall–Kier alpha value is -0.350. The van der Waals surface area contributed by atoms with Crippen molar-refractivity contribution in [1.82, 2.24) is 9.78 Å². The molecule has 1 heterocycles. The average molecular weight is 313 g/mol. The molecule has 3 atom stereocenters. The van der Waals surface area contributed by atoms with E-state index in [4.69, 9.17) is 0 Å². The summed E-state index contributed by atoms with van der Waals surface area (Å²) in [6.07, 6.45) is 5.35. The van der Waals surface area contributed by atoms with Crippen LogP contribution < -0.4 is 0 Å². The molecule has 0 spiro atoms. The predicted octanol–water partition coefficient (Wildman–Crippen LogP) is 2.69. The van der Waals surface area contributed by atoms with E-state index in [1.165, 1.54) is 19.3 Å². The van der Waals surface area contributed by atoms with Crippen LogP contribution in [0.15, 0.2) is 4.47 Å². The van der Waals surface area contributed by atoms with Gasteiger partial charge in [0.05, 0.1) is 22.0 Å². The molecule has 0 saturated heterocycles. The van der Waals surface area contributed by atoms with Crippen LogP contribution in [0.2, 0.25) is 0 Å². The molecule has 3 unspecified atom stereocenters. The third-order valence-corrected chi connectivity index (χ3v) is 5.65. The van der Waals surface area contributed by atoms with Gasteiger partial charge in [-0.1, -0.05) is 6.92 Å².